The molecule has 0 bridgehead atoms. The van der Waals surface area contributed by atoms with Crippen molar-refractivity contribution < 1.29 is 13.2 Å². The summed E-state index contributed by atoms with van der Waals surface area (Å²) in [6, 6.07) is 4.01. The lowest BCUT2D eigenvalue weighted by Gasteiger charge is -2.07. The highest BCUT2D eigenvalue weighted by Gasteiger charge is 2.33. The molecule has 0 saturated heterocycles. The topological polar surface area (TPSA) is 0 Å². The lowest BCUT2D eigenvalue weighted by atomic mass is 10.2. The first-order valence-electron chi connectivity index (χ1n) is 2.85. The molecule has 0 nitrogen and oxygen atoms in total. The summed E-state index contributed by atoms with van der Waals surface area (Å²) in [5, 5.41) is -0.303. The van der Waals surface area contributed by atoms with Gasteiger partial charge in [-0.25, -0.2) is 0 Å². The van der Waals surface area contributed by atoms with Crippen molar-refractivity contribution in [2.45, 2.75) is 6.18 Å². The van der Waals surface area contributed by atoms with Crippen LogP contribution in [0.3, 0.4) is 0 Å². The molecule has 1 radical (unpaired) electrons. The van der Waals surface area contributed by atoms with E-state index < -0.39 is 16.8 Å². The summed E-state index contributed by atoms with van der Waals surface area (Å²) in [6.45, 7) is 0. The molecule has 0 aliphatic carbocycles. The van der Waals surface area contributed by atoms with E-state index in [0.717, 1.165) is 12.1 Å². The number of benzene rings is 1. The maximum atomic E-state index is 12.0. The summed E-state index contributed by atoms with van der Waals surface area (Å²) in [5.74, 6) is 0. The van der Waals surface area contributed by atoms with E-state index in [0.29, 0.717) is 0 Å². The maximum absolute atomic E-state index is 12.0. The van der Waals surface area contributed by atoms with Gasteiger partial charge in [-0.05, 0) is 18.2 Å². The van der Waals surface area contributed by atoms with Gasteiger partial charge in [-0.3, -0.25) is 0 Å². The predicted molar refractivity (Wildman–Crippen MR) is 40.3 cm³/mol. The fraction of sp³-hybridized carbons (Fsp3) is 0.143. The Morgan fingerprint density at radius 2 is 1.83 bits per heavy atom. The summed E-state index contributed by atoms with van der Waals surface area (Å²) in [5.41, 5.74) is -0.992. The van der Waals surface area contributed by atoms with Crippen molar-refractivity contribution in [1.29, 1.82) is 0 Å². The monoisotopic (exact) mass is 213 g/mol. The van der Waals surface area contributed by atoms with E-state index in [9.17, 15) is 13.2 Å². The fourth-order valence-electron chi connectivity index (χ4n) is 0.662. The zero-order valence-electron chi connectivity index (χ0n) is 5.54. The first-order valence-corrected chi connectivity index (χ1v) is 3.61. The van der Waals surface area contributed by atoms with Crippen molar-refractivity contribution >= 4 is 23.2 Å². The molecule has 1 rings (SSSR count). The summed E-state index contributed by atoms with van der Waals surface area (Å²) in [6.07, 6.45) is -4.47. The molecule has 0 aliphatic heterocycles. The van der Waals surface area contributed by atoms with E-state index in [1.807, 2.05) is 6.07 Å². The van der Waals surface area contributed by atoms with Gasteiger partial charge in [-0.1, -0.05) is 23.2 Å². The van der Waals surface area contributed by atoms with E-state index in [1.165, 1.54) is 0 Å². The molecule has 0 atom stereocenters. The van der Waals surface area contributed by atoms with Crippen LogP contribution in [0.15, 0.2) is 12.1 Å². The molecule has 0 fully saturated rings. The van der Waals surface area contributed by atoms with Crippen LogP contribution < -0.4 is 0 Å². The quantitative estimate of drug-likeness (QED) is 0.615. The summed E-state index contributed by atoms with van der Waals surface area (Å²) in [7, 11) is 0. The molecule has 0 N–H and O–H groups in total. The van der Waals surface area contributed by atoms with Crippen LogP contribution in [0.2, 0.25) is 10.0 Å². The minimum absolute atomic E-state index is 0.132. The average Bonchev–Trinajstić information content (AvgIpc) is 1.83. The summed E-state index contributed by atoms with van der Waals surface area (Å²) < 4.78 is 36.1. The SMILES string of the molecule is FC(F)(F)c1[c]cc(Cl)cc1Cl. The normalized spacial score (nSPS) is 11.8. The molecule has 0 unspecified atom stereocenters. The number of hydrogen-bond acceptors (Lipinski definition) is 0. The molecule has 1 aromatic rings. The van der Waals surface area contributed by atoms with Crippen LogP contribution in [0.1, 0.15) is 5.56 Å². The van der Waals surface area contributed by atoms with E-state index >= 15 is 0 Å². The van der Waals surface area contributed by atoms with Crippen LogP contribution in [0.25, 0.3) is 0 Å². The van der Waals surface area contributed by atoms with Gasteiger partial charge < -0.3 is 0 Å². The van der Waals surface area contributed by atoms with Gasteiger partial charge in [0, 0.05) is 5.02 Å². The van der Waals surface area contributed by atoms with Gasteiger partial charge in [0.05, 0.1) is 10.6 Å². The number of rotatable bonds is 0. The molecule has 0 spiro atoms. The second-order valence-electron chi connectivity index (χ2n) is 2.04. The second-order valence-corrected chi connectivity index (χ2v) is 2.88. The van der Waals surface area contributed by atoms with Crippen molar-refractivity contribution in [3.8, 4) is 0 Å². The van der Waals surface area contributed by atoms with Gasteiger partial charge in [0.1, 0.15) is 0 Å². The fourth-order valence-corrected chi connectivity index (χ4v) is 1.16. The van der Waals surface area contributed by atoms with Gasteiger partial charge in [0.25, 0.3) is 0 Å². The van der Waals surface area contributed by atoms with E-state index in [2.05, 4.69) is 0 Å². The minimum Gasteiger partial charge on any atom is -0.166 e. The molecule has 65 valence electrons. The standard InChI is InChI=1S/C7H2Cl2F3/c8-4-1-2-5(6(9)3-4)7(10,11)12/h1,3H. The maximum Gasteiger partial charge on any atom is 0.418 e. The largest absolute Gasteiger partial charge is 0.418 e. The third-order valence-electron chi connectivity index (χ3n) is 1.14. The van der Waals surface area contributed by atoms with Crippen LogP contribution in [-0.4, -0.2) is 0 Å². The van der Waals surface area contributed by atoms with E-state index in [4.69, 9.17) is 23.2 Å². The van der Waals surface area contributed by atoms with Gasteiger partial charge in [0.15, 0.2) is 0 Å². The summed E-state index contributed by atoms with van der Waals surface area (Å²) >= 11 is 10.7. The Labute approximate surface area is 76.9 Å². The number of alkyl halides is 3. The Kier molecular flexibility index (Phi) is 2.54. The smallest absolute Gasteiger partial charge is 0.166 e. The summed E-state index contributed by atoms with van der Waals surface area (Å²) in [4.78, 5) is 0. The molecule has 0 amide bonds. The Bertz CT molecular complexity index is 293. The molecule has 0 heterocycles. The highest BCUT2D eigenvalue weighted by Crippen LogP contribution is 2.35. The van der Waals surface area contributed by atoms with Crippen molar-refractivity contribution in [2.24, 2.45) is 0 Å². The Balaban J connectivity index is 3.19. The van der Waals surface area contributed by atoms with Crippen molar-refractivity contribution in [2.75, 3.05) is 0 Å². The Morgan fingerprint density at radius 3 is 2.25 bits per heavy atom. The highest BCUT2D eigenvalue weighted by molar-refractivity contribution is 6.35. The molecule has 0 aliphatic rings. The van der Waals surface area contributed by atoms with Crippen LogP contribution in [0.4, 0.5) is 13.2 Å². The van der Waals surface area contributed by atoms with Crippen LogP contribution in [-0.2, 0) is 6.18 Å². The highest BCUT2D eigenvalue weighted by atomic mass is 35.5. The molecular formula is C7H2Cl2F3. The van der Waals surface area contributed by atoms with Crippen molar-refractivity contribution in [3.63, 3.8) is 0 Å². The van der Waals surface area contributed by atoms with Gasteiger partial charge in [0.2, 0.25) is 0 Å². The van der Waals surface area contributed by atoms with Crippen LogP contribution in [0.5, 0.6) is 0 Å². The second kappa shape index (κ2) is 3.15. The molecule has 5 heteroatoms. The molecule has 0 saturated carbocycles. The van der Waals surface area contributed by atoms with E-state index in [-0.39, 0.29) is 5.02 Å². The first kappa shape index (κ1) is 9.68. The zero-order valence-corrected chi connectivity index (χ0v) is 7.06. The van der Waals surface area contributed by atoms with Crippen LogP contribution in [0, 0.1) is 6.07 Å². The van der Waals surface area contributed by atoms with Crippen molar-refractivity contribution in [3.05, 3.63) is 33.8 Å². The Hall–Kier alpha value is -0.410. The minimum atomic E-state index is -4.47. The van der Waals surface area contributed by atoms with Gasteiger partial charge in [-0.15, -0.1) is 0 Å². The third-order valence-corrected chi connectivity index (χ3v) is 1.66. The number of hydrogen-bond donors (Lipinski definition) is 0. The molecule has 1 aromatic carbocycles. The van der Waals surface area contributed by atoms with Crippen LogP contribution >= 0.6 is 23.2 Å². The van der Waals surface area contributed by atoms with Gasteiger partial charge in [-0.2, -0.15) is 13.2 Å². The predicted octanol–water partition coefficient (Wildman–Crippen LogP) is 3.81. The molecule has 0 aromatic heterocycles. The lowest BCUT2D eigenvalue weighted by molar-refractivity contribution is -0.137. The van der Waals surface area contributed by atoms with E-state index in [1.54, 1.807) is 0 Å². The average molecular weight is 214 g/mol. The number of halogens is 5. The Morgan fingerprint density at radius 1 is 1.25 bits per heavy atom. The molecular weight excluding hydrogens is 212 g/mol. The lowest BCUT2D eigenvalue weighted by Crippen LogP contribution is -2.05. The first-order chi connectivity index (χ1) is 5.41. The van der Waals surface area contributed by atoms with Crippen molar-refractivity contribution in [1.82, 2.24) is 0 Å². The molecule has 12 heavy (non-hydrogen) atoms. The third kappa shape index (κ3) is 2.05. The zero-order chi connectivity index (χ0) is 9.35. The van der Waals surface area contributed by atoms with Gasteiger partial charge >= 0.3 is 6.18 Å².